The molecule has 0 aliphatic rings. The summed E-state index contributed by atoms with van der Waals surface area (Å²) < 4.78 is 48.9. The molecule has 0 atom stereocenters. The standard InChI is InChI=1S/C16H13F3N2O5/c1-2-25-14-7-9(15(20)22)3-5-13(14)26-12-6-4-10(16(17,18)19)8-11(12)21(23)24/h3-8H,2H2,1H3,(H2,20,22). The van der Waals surface area contributed by atoms with Crippen LogP contribution in [0.2, 0.25) is 0 Å². The Morgan fingerprint density at radius 1 is 1.15 bits per heavy atom. The van der Waals surface area contributed by atoms with Gasteiger partial charge in [-0.05, 0) is 37.3 Å². The third-order valence-corrected chi connectivity index (χ3v) is 3.23. The third kappa shape index (κ3) is 4.21. The number of halogens is 3. The maximum absolute atomic E-state index is 12.7. The van der Waals surface area contributed by atoms with Gasteiger partial charge in [-0.3, -0.25) is 14.9 Å². The summed E-state index contributed by atoms with van der Waals surface area (Å²) in [7, 11) is 0. The van der Waals surface area contributed by atoms with Gasteiger partial charge in [0.2, 0.25) is 11.7 Å². The van der Waals surface area contributed by atoms with Gasteiger partial charge in [-0.1, -0.05) is 0 Å². The number of benzene rings is 2. The molecule has 0 radical (unpaired) electrons. The van der Waals surface area contributed by atoms with Crippen molar-refractivity contribution in [1.82, 2.24) is 0 Å². The Balaban J connectivity index is 2.47. The molecule has 26 heavy (non-hydrogen) atoms. The van der Waals surface area contributed by atoms with E-state index in [-0.39, 0.29) is 23.7 Å². The molecule has 2 rings (SSSR count). The molecule has 0 unspecified atom stereocenters. The molecule has 0 fully saturated rings. The second-order valence-corrected chi connectivity index (χ2v) is 5.00. The van der Waals surface area contributed by atoms with Gasteiger partial charge >= 0.3 is 11.9 Å². The number of hydrogen-bond acceptors (Lipinski definition) is 5. The highest BCUT2D eigenvalue weighted by molar-refractivity contribution is 5.93. The molecule has 0 spiro atoms. The summed E-state index contributed by atoms with van der Waals surface area (Å²) in [5.41, 5.74) is 3.25. The normalized spacial score (nSPS) is 11.1. The first-order chi connectivity index (χ1) is 12.1. The lowest BCUT2D eigenvalue weighted by Gasteiger charge is -2.13. The highest BCUT2D eigenvalue weighted by Crippen LogP contribution is 2.40. The molecule has 138 valence electrons. The van der Waals surface area contributed by atoms with Gasteiger partial charge in [-0.15, -0.1) is 0 Å². The molecule has 2 aromatic carbocycles. The maximum Gasteiger partial charge on any atom is 0.416 e. The van der Waals surface area contributed by atoms with Crippen molar-refractivity contribution in [3.05, 3.63) is 57.6 Å². The van der Waals surface area contributed by atoms with Gasteiger partial charge in [0, 0.05) is 11.6 Å². The van der Waals surface area contributed by atoms with Crippen LogP contribution in [-0.4, -0.2) is 17.4 Å². The zero-order valence-corrected chi connectivity index (χ0v) is 13.4. The number of rotatable bonds is 6. The van der Waals surface area contributed by atoms with Crippen molar-refractivity contribution >= 4 is 11.6 Å². The number of amides is 1. The van der Waals surface area contributed by atoms with Crippen LogP contribution in [0.3, 0.4) is 0 Å². The summed E-state index contributed by atoms with van der Waals surface area (Å²) in [5, 5.41) is 11.1. The Morgan fingerprint density at radius 2 is 1.81 bits per heavy atom. The SMILES string of the molecule is CCOc1cc(C(N)=O)ccc1Oc1ccc(C(F)(F)F)cc1[N+](=O)[O-]. The number of nitro benzene ring substituents is 1. The van der Waals surface area contributed by atoms with Gasteiger partial charge in [0.1, 0.15) is 0 Å². The molecule has 0 saturated carbocycles. The fourth-order valence-corrected chi connectivity index (χ4v) is 2.06. The topological polar surface area (TPSA) is 105 Å². The molecule has 2 N–H and O–H groups in total. The van der Waals surface area contributed by atoms with E-state index in [0.29, 0.717) is 12.1 Å². The highest BCUT2D eigenvalue weighted by atomic mass is 19.4. The molecule has 0 aliphatic carbocycles. The fraction of sp³-hybridized carbons (Fsp3) is 0.188. The summed E-state index contributed by atoms with van der Waals surface area (Å²) >= 11 is 0. The van der Waals surface area contributed by atoms with E-state index < -0.39 is 34.0 Å². The van der Waals surface area contributed by atoms with E-state index in [9.17, 15) is 28.1 Å². The van der Waals surface area contributed by atoms with Crippen molar-refractivity contribution in [3.63, 3.8) is 0 Å². The Bertz CT molecular complexity index is 852. The van der Waals surface area contributed by atoms with Crippen molar-refractivity contribution in [2.24, 2.45) is 5.73 Å². The number of carbonyl (C=O) groups is 1. The van der Waals surface area contributed by atoms with Crippen LogP contribution in [0.4, 0.5) is 18.9 Å². The summed E-state index contributed by atoms with van der Waals surface area (Å²) in [6.07, 6.45) is -4.73. The fourth-order valence-electron chi connectivity index (χ4n) is 2.06. The quantitative estimate of drug-likeness (QED) is 0.613. The first-order valence-electron chi connectivity index (χ1n) is 7.23. The molecule has 0 aliphatic heterocycles. The van der Waals surface area contributed by atoms with Crippen molar-refractivity contribution in [3.8, 4) is 17.2 Å². The third-order valence-electron chi connectivity index (χ3n) is 3.23. The molecule has 1 amide bonds. The van der Waals surface area contributed by atoms with Crippen LogP contribution in [0.1, 0.15) is 22.8 Å². The predicted octanol–water partition coefficient (Wildman–Crippen LogP) is 3.90. The smallest absolute Gasteiger partial charge is 0.416 e. The van der Waals surface area contributed by atoms with Crippen molar-refractivity contribution in [2.45, 2.75) is 13.1 Å². The molecular weight excluding hydrogens is 357 g/mol. The van der Waals surface area contributed by atoms with Gasteiger partial charge in [0.25, 0.3) is 0 Å². The highest BCUT2D eigenvalue weighted by Gasteiger charge is 2.33. The first kappa shape index (κ1) is 19.0. The molecule has 2 aromatic rings. The minimum atomic E-state index is -4.73. The number of hydrogen-bond donors (Lipinski definition) is 1. The summed E-state index contributed by atoms with van der Waals surface area (Å²) in [5.74, 6) is -1.08. The number of primary amides is 1. The molecule has 0 bridgehead atoms. The number of carbonyl (C=O) groups excluding carboxylic acids is 1. The zero-order valence-electron chi connectivity index (χ0n) is 13.4. The average molecular weight is 370 g/mol. The molecule has 10 heteroatoms. The van der Waals surface area contributed by atoms with Gasteiger partial charge in [0.05, 0.1) is 17.1 Å². The van der Waals surface area contributed by atoms with Crippen molar-refractivity contribution < 1.29 is 32.4 Å². The van der Waals surface area contributed by atoms with Gasteiger partial charge < -0.3 is 15.2 Å². The van der Waals surface area contributed by atoms with Crippen LogP contribution in [-0.2, 0) is 6.18 Å². The summed E-state index contributed by atoms with van der Waals surface area (Å²) in [6, 6.07) is 5.76. The average Bonchev–Trinajstić information content (AvgIpc) is 2.55. The van der Waals surface area contributed by atoms with E-state index >= 15 is 0 Å². The van der Waals surface area contributed by atoms with E-state index in [4.69, 9.17) is 15.2 Å². The van der Waals surface area contributed by atoms with Crippen LogP contribution >= 0.6 is 0 Å². The molecule has 0 saturated heterocycles. The van der Waals surface area contributed by atoms with Crippen molar-refractivity contribution in [2.75, 3.05) is 6.61 Å². The van der Waals surface area contributed by atoms with Crippen LogP contribution in [0.5, 0.6) is 17.2 Å². The lowest BCUT2D eigenvalue weighted by molar-refractivity contribution is -0.385. The summed E-state index contributed by atoms with van der Waals surface area (Å²) in [4.78, 5) is 21.4. The number of ether oxygens (including phenoxy) is 2. The minimum absolute atomic E-state index is 0.0142. The Kier molecular flexibility index (Phi) is 5.34. The zero-order chi connectivity index (χ0) is 19.5. The maximum atomic E-state index is 12.7. The first-order valence-corrected chi connectivity index (χ1v) is 7.23. The monoisotopic (exact) mass is 370 g/mol. The van der Waals surface area contributed by atoms with E-state index in [1.54, 1.807) is 6.92 Å². The Hall–Kier alpha value is -3.30. The van der Waals surface area contributed by atoms with Gasteiger partial charge in [0.15, 0.2) is 11.5 Å². The van der Waals surface area contributed by atoms with E-state index in [2.05, 4.69) is 0 Å². The summed E-state index contributed by atoms with van der Waals surface area (Å²) in [6.45, 7) is 1.84. The lowest BCUT2D eigenvalue weighted by atomic mass is 10.1. The Morgan fingerprint density at radius 3 is 2.35 bits per heavy atom. The molecule has 0 heterocycles. The van der Waals surface area contributed by atoms with Crippen LogP contribution in [0.25, 0.3) is 0 Å². The molecular formula is C16H13F3N2O5. The minimum Gasteiger partial charge on any atom is -0.490 e. The van der Waals surface area contributed by atoms with Gasteiger partial charge in [-0.2, -0.15) is 13.2 Å². The van der Waals surface area contributed by atoms with Crippen LogP contribution in [0, 0.1) is 10.1 Å². The predicted molar refractivity (Wildman–Crippen MR) is 84.3 cm³/mol. The molecule has 0 aromatic heterocycles. The number of alkyl halides is 3. The van der Waals surface area contributed by atoms with E-state index in [1.165, 1.54) is 18.2 Å². The van der Waals surface area contributed by atoms with E-state index in [1.807, 2.05) is 0 Å². The second-order valence-electron chi connectivity index (χ2n) is 5.00. The van der Waals surface area contributed by atoms with Crippen LogP contribution in [0.15, 0.2) is 36.4 Å². The Labute approximate surface area is 145 Å². The number of nitro groups is 1. The van der Waals surface area contributed by atoms with Crippen LogP contribution < -0.4 is 15.2 Å². The van der Waals surface area contributed by atoms with Gasteiger partial charge in [-0.25, -0.2) is 0 Å². The number of nitrogens with zero attached hydrogens (tertiary/aromatic N) is 1. The second kappa shape index (κ2) is 7.30. The largest absolute Gasteiger partial charge is 0.490 e. The lowest BCUT2D eigenvalue weighted by Crippen LogP contribution is -2.11. The molecule has 7 nitrogen and oxygen atoms in total. The number of nitrogens with two attached hydrogens (primary N) is 1. The van der Waals surface area contributed by atoms with E-state index in [0.717, 1.165) is 6.07 Å². The van der Waals surface area contributed by atoms with Crippen molar-refractivity contribution in [1.29, 1.82) is 0 Å².